The molecule has 2 rings (SSSR count). The maximum atomic E-state index is 5.09. The van der Waals surface area contributed by atoms with Crippen molar-refractivity contribution in [1.29, 1.82) is 0 Å². The number of methoxy groups -OCH3 is 1. The fourth-order valence-electron chi connectivity index (χ4n) is 2.26. The molecule has 2 heterocycles. The zero-order valence-electron chi connectivity index (χ0n) is 10.7. The van der Waals surface area contributed by atoms with Gasteiger partial charge in [-0.2, -0.15) is 4.98 Å². The number of rotatable bonds is 3. The summed E-state index contributed by atoms with van der Waals surface area (Å²) in [5.41, 5.74) is 0. The van der Waals surface area contributed by atoms with E-state index in [1.165, 1.54) is 0 Å². The highest BCUT2D eigenvalue weighted by Crippen LogP contribution is 2.19. The first-order valence-corrected chi connectivity index (χ1v) is 6.01. The van der Waals surface area contributed by atoms with Crippen molar-refractivity contribution in [2.45, 2.75) is 19.4 Å². The third-order valence-electron chi connectivity index (χ3n) is 3.26. The molecule has 0 saturated carbocycles. The van der Waals surface area contributed by atoms with Crippen LogP contribution in [0.1, 0.15) is 13.3 Å². The number of nitrogens with one attached hydrogen (secondary N) is 1. The molecule has 1 saturated heterocycles. The van der Waals surface area contributed by atoms with Crippen molar-refractivity contribution in [2.75, 3.05) is 32.6 Å². The van der Waals surface area contributed by atoms with Gasteiger partial charge in [-0.15, -0.1) is 0 Å². The van der Waals surface area contributed by atoms with Crippen LogP contribution in [0.3, 0.4) is 0 Å². The molecule has 0 bridgehead atoms. The molecule has 1 aliphatic heterocycles. The maximum Gasteiger partial charge on any atom is 0.226 e. The van der Waals surface area contributed by atoms with Gasteiger partial charge in [-0.1, -0.05) is 6.92 Å². The topological polar surface area (TPSA) is 50.3 Å². The summed E-state index contributed by atoms with van der Waals surface area (Å²) in [6.07, 6.45) is 2.84. The van der Waals surface area contributed by atoms with E-state index in [0.717, 1.165) is 19.5 Å². The lowest BCUT2D eigenvalue weighted by molar-refractivity contribution is 0.205. The molecule has 0 aliphatic carbocycles. The zero-order valence-corrected chi connectivity index (χ0v) is 10.7. The van der Waals surface area contributed by atoms with Crippen LogP contribution in [0.2, 0.25) is 0 Å². The Kier molecular flexibility index (Phi) is 3.78. The summed E-state index contributed by atoms with van der Waals surface area (Å²) in [6.45, 7) is 4.49. The number of likely N-dealkylation sites (tertiary alicyclic amines) is 1. The van der Waals surface area contributed by atoms with Crippen LogP contribution in [0, 0.1) is 5.92 Å². The summed E-state index contributed by atoms with van der Waals surface area (Å²) in [4.78, 5) is 10.9. The third-order valence-corrected chi connectivity index (χ3v) is 3.26. The molecule has 0 spiro atoms. The summed E-state index contributed by atoms with van der Waals surface area (Å²) in [7, 11) is 3.78. The molecule has 2 atom stereocenters. The minimum Gasteiger partial charge on any atom is -0.481 e. The number of nitrogens with zero attached hydrogens (tertiary/aromatic N) is 3. The predicted molar refractivity (Wildman–Crippen MR) is 67.3 cm³/mol. The highest BCUT2D eigenvalue weighted by Gasteiger charge is 2.24. The summed E-state index contributed by atoms with van der Waals surface area (Å²) < 4.78 is 5.09. The number of hydrogen-bond acceptors (Lipinski definition) is 5. The van der Waals surface area contributed by atoms with Gasteiger partial charge in [0.25, 0.3) is 0 Å². The van der Waals surface area contributed by atoms with Gasteiger partial charge >= 0.3 is 0 Å². The molecule has 1 aromatic rings. The van der Waals surface area contributed by atoms with Crippen molar-refractivity contribution in [3.05, 3.63) is 12.3 Å². The Balaban J connectivity index is 2.00. The second kappa shape index (κ2) is 5.31. The van der Waals surface area contributed by atoms with Crippen LogP contribution in [-0.2, 0) is 0 Å². The second-order valence-electron chi connectivity index (χ2n) is 4.70. The molecule has 0 amide bonds. The van der Waals surface area contributed by atoms with E-state index in [1.54, 1.807) is 19.4 Å². The molecule has 0 aromatic carbocycles. The predicted octanol–water partition coefficient (Wildman–Crippen LogP) is 1.24. The van der Waals surface area contributed by atoms with E-state index < -0.39 is 0 Å². The number of piperidine rings is 1. The number of ether oxygens (including phenoxy) is 1. The third kappa shape index (κ3) is 3.06. The lowest BCUT2D eigenvalue weighted by Gasteiger charge is -2.35. The SMILES string of the molecule is COc1ccnc(NC2CCN(C)CC2C)n1. The van der Waals surface area contributed by atoms with Crippen LogP contribution in [0.15, 0.2) is 12.3 Å². The van der Waals surface area contributed by atoms with Crippen LogP contribution in [0.4, 0.5) is 5.95 Å². The molecule has 1 aliphatic rings. The Morgan fingerprint density at radius 2 is 2.35 bits per heavy atom. The molecule has 1 N–H and O–H groups in total. The van der Waals surface area contributed by atoms with Gasteiger partial charge in [0, 0.05) is 24.8 Å². The van der Waals surface area contributed by atoms with E-state index in [-0.39, 0.29) is 0 Å². The summed E-state index contributed by atoms with van der Waals surface area (Å²) in [5.74, 6) is 1.86. The van der Waals surface area contributed by atoms with Crippen molar-refractivity contribution < 1.29 is 4.74 Å². The van der Waals surface area contributed by atoms with Crippen molar-refractivity contribution >= 4 is 5.95 Å². The minimum atomic E-state index is 0.443. The average Bonchev–Trinajstić information content (AvgIpc) is 2.33. The minimum absolute atomic E-state index is 0.443. The normalized spacial score (nSPS) is 25.6. The van der Waals surface area contributed by atoms with E-state index in [4.69, 9.17) is 4.74 Å². The van der Waals surface area contributed by atoms with Gasteiger partial charge in [-0.25, -0.2) is 4.98 Å². The Morgan fingerprint density at radius 1 is 1.53 bits per heavy atom. The number of anilines is 1. The van der Waals surface area contributed by atoms with Gasteiger partial charge in [0.2, 0.25) is 11.8 Å². The molecule has 1 fully saturated rings. The maximum absolute atomic E-state index is 5.09. The zero-order chi connectivity index (χ0) is 12.3. The van der Waals surface area contributed by atoms with Crippen molar-refractivity contribution in [2.24, 2.45) is 5.92 Å². The highest BCUT2D eigenvalue weighted by atomic mass is 16.5. The molecular weight excluding hydrogens is 216 g/mol. The lowest BCUT2D eigenvalue weighted by atomic mass is 9.94. The molecule has 2 unspecified atom stereocenters. The summed E-state index contributed by atoms with van der Waals surface area (Å²) in [6, 6.07) is 2.20. The summed E-state index contributed by atoms with van der Waals surface area (Å²) in [5, 5.41) is 3.40. The van der Waals surface area contributed by atoms with E-state index in [2.05, 4.69) is 34.2 Å². The summed E-state index contributed by atoms with van der Waals surface area (Å²) >= 11 is 0. The fourth-order valence-corrected chi connectivity index (χ4v) is 2.26. The van der Waals surface area contributed by atoms with Gasteiger partial charge in [-0.05, 0) is 25.9 Å². The first-order valence-electron chi connectivity index (χ1n) is 6.01. The molecule has 94 valence electrons. The van der Waals surface area contributed by atoms with Gasteiger partial charge in [-0.3, -0.25) is 0 Å². The number of aromatic nitrogens is 2. The smallest absolute Gasteiger partial charge is 0.226 e. The van der Waals surface area contributed by atoms with Gasteiger partial charge in [0.1, 0.15) is 0 Å². The molecular formula is C12H20N4O. The Labute approximate surface area is 102 Å². The first-order chi connectivity index (χ1) is 8.19. The van der Waals surface area contributed by atoms with E-state index in [0.29, 0.717) is 23.8 Å². The van der Waals surface area contributed by atoms with Gasteiger partial charge in [0.15, 0.2) is 0 Å². The van der Waals surface area contributed by atoms with Gasteiger partial charge < -0.3 is 15.0 Å². The Bertz CT molecular complexity index is 371. The van der Waals surface area contributed by atoms with Crippen LogP contribution < -0.4 is 10.1 Å². The van der Waals surface area contributed by atoms with Gasteiger partial charge in [0.05, 0.1) is 7.11 Å². The van der Waals surface area contributed by atoms with Crippen molar-refractivity contribution in [3.8, 4) is 5.88 Å². The molecule has 5 heteroatoms. The molecule has 17 heavy (non-hydrogen) atoms. The van der Waals surface area contributed by atoms with E-state index in [9.17, 15) is 0 Å². The first kappa shape index (κ1) is 12.1. The molecule has 5 nitrogen and oxygen atoms in total. The van der Waals surface area contributed by atoms with Crippen molar-refractivity contribution in [3.63, 3.8) is 0 Å². The van der Waals surface area contributed by atoms with Crippen LogP contribution in [0.5, 0.6) is 5.88 Å². The van der Waals surface area contributed by atoms with E-state index in [1.807, 2.05) is 0 Å². The molecule has 1 aromatic heterocycles. The lowest BCUT2D eigenvalue weighted by Crippen LogP contribution is -2.43. The van der Waals surface area contributed by atoms with E-state index >= 15 is 0 Å². The largest absolute Gasteiger partial charge is 0.481 e. The van der Waals surface area contributed by atoms with Crippen LogP contribution in [-0.4, -0.2) is 48.2 Å². The Morgan fingerprint density at radius 3 is 3.06 bits per heavy atom. The average molecular weight is 236 g/mol. The monoisotopic (exact) mass is 236 g/mol. The number of hydrogen-bond donors (Lipinski definition) is 1. The molecule has 0 radical (unpaired) electrons. The second-order valence-corrected chi connectivity index (χ2v) is 4.70. The fraction of sp³-hybridized carbons (Fsp3) is 0.667. The quantitative estimate of drug-likeness (QED) is 0.855. The van der Waals surface area contributed by atoms with Crippen LogP contribution in [0.25, 0.3) is 0 Å². The Hall–Kier alpha value is -1.36. The van der Waals surface area contributed by atoms with Crippen LogP contribution >= 0.6 is 0 Å². The highest BCUT2D eigenvalue weighted by molar-refractivity contribution is 5.29. The standard InChI is InChI=1S/C12H20N4O/c1-9-8-16(2)7-5-10(9)14-12-13-6-4-11(15-12)17-3/h4,6,9-10H,5,7-8H2,1-3H3,(H,13,14,15). The van der Waals surface area contributed by atoms with Crippen molar-refractivity contribution in [1.82, 2.24) is 14.9 Å².